The van der Waals surface area contributed by atoms with Gasteiger partial charge in [0, 0.05) is 37.8 Å². The first-order valence-corrected chi connectivity index (χ1v) is 9.13. The maximum absolute atomic E-state index is 13.0. The molecule has 0 aliphatic carbocycles. The third kappa shape index (κ3) is 3.49. The molecule has 0 saturated carbocycles. The van der Waals surface area contributed by atoms with Crippen LogP contribution in [0.3, 0.4) is 0 Å². The van der Waals surface area contributed by atoms with E-state index in [0.717, 1.165) is 32.2 Å². The van der Waals surface area contributed by atoms with E-state index in [1.807, 2.05) is 9.80 Å². The number of likely N-dealkylation sites (N-methyl/N-ethyl adjacent to an activating group) is 1. The summed E-state index contributed by atoms with van der Waals surface area (Å²) in [6, 6.07) is 6.99. The van der Waals surface area contributed by atoms with Gasteiger partial charge in [0.25, 0.3) is 5.91 Å². The van der Waals surface area contributed by atoms with Crippen molar-refractivity contribution in [2.75, 3.05) is 25.0 Å². The summed E-state index contributed by atoms with van der Waals surface area (Å²) in [7, 11) is 1.67. The molecule has 3 rings (SSSR count). The molecule has 26 heavy (non-hydrogen) atoms. The third-order valence-electron chi connectivity index (χ3n) is 5.24. The van der Waals surface area contributed by atoms with Crippen LogP contribution in [0.2, 0.25) is 0 Å². The summed E-state index contributed by atoms with van der Waals surface area (Å²) in [4.78, 5) is 42.2. The first-order valence-electron chi connectivity index (χ1n) is 9.13. The van der Waals surface area contributed by atoms with Crippen molar-refractivity contribution in [3.63, 3.8) is 0 Å². The molecule has 138 valence electrons. The monoisotopic (exact) mass is 355 g/mol. The number of carbonyl (C=O) groups excluding carboxylic acids is 3. The van der Waals surface area contributed by atoms with E-state index >= 15 is 0 Å². The molecule has 0 aromatic heterocycles. The minimum absolute atomic E-state index is 0.0568. The van der Waals surface area contributed by atoms with Gasteiger partial charge in [-0.3, -0.25) is 14.4 Å². The fourth-order valence-electron chi connectivity index (χ4n) is 3.71. The number of hydrogen-bond donors (Lipinski definition) is 0. The molecular weight excluding hydrogens is 330 g/mol. The van der Waals surface area contributed by atoms with Crippen LogP contribution in [0.4, 0.5) is 5.69 Å². The minimum Gasteiger partial charge on any atom is -0.322 e. The number of fused-ring (bicyclic) bond motifs is 1. The number of rotatable bonds is 3. The first-order chi connectivity index (χ1) is 12.5. The molecule has 0 bridgehead atoms. The van der Waals surface area contributed by atoms with Crippen LogP contribution in [0.1, 0.15) is 42.5 Å². The van der Waals surface area contributed by atoms with Gasteiger partial charge in [0.05, 0.1) is 0 Å². The van der Waals surface area contributed by atoms with Gasteiger partial charge in [-0.25, -0.2) is 0 Å². The van der Waals surface area contributed by atoms with Crippen molar-refractivity contribution in [2.24, 2.45) is 0 Å². The van der Waals surface area contributed by atoms with Crippen molar-refractivity contribution < 1.29 is 14.4 Å². The molecule has 2 saturated heterocycles. The van der Waals surface area contributed by atoms with E-state index in [-0.39, 0.29) is 23.9 Å². The van der Waals surface area contributed by atoms with Crippen LogP contribution in [0, 0.1) is 0 Å². The van der Waals surface area contributed by atoms with E-state index in [1.54, 1.807) is 31.3 Å². The lowest BCUT2D eigenvalue weighted by Gasteiger charge is -2.43. The topological polar surface area (TPSA) is 60.9 Å². The number of carbonyl (C=O) groups is 3. The molecule has 2 heterocycles. The lowest BCUT2D eigenvalue weighted by Crippen LogP contribution is -2.57. The second kappa shape index (κ2) is 7.72. The van der Waals surface area contributed by atoms with E-state index in [9.17, 15) is 14.4 Å². The Hall–Kier alpha value is -2.63. The molecule has 1 atom stereocenters. The van der Waals surface area contributed by atoms with Crippen molar-refractivity contribution >= 4 is 23.4 Å². The molecule has 0 N–H and O–H groups in total. The van der Waals surface area contributed by atoms with Crippen molar-refractivity contribution in [1.82, 2.24) is 9.80 Å². The second-order valence-electron chi connectivity index (χ2n) is 6.81. The standard InChI is InChI=1S/C20H25N3O3/c1-3-18(24)21(2)16-10-8-15(9-11-16)20(26)23-14-12-19(25)22-13-6-4-5-7-17(22)23/h3,8-11,17H,1,4-7,12-14H2,2H3. The largest absolute Gasteiger partial charge is 0.322 e. The highest BCUT2D eigenvalue weighted by Crippen LogP contribution is 2.26. The van der Waals surface area contributed by atoms with Crippen LogP contribution in [-0.2, 0) is 9.59 Å². The summed E-state index contributed by atoms with van der Waals surface area (Å²) in [5.41, 5.74) is 1.28. The molecule has 0 radical (unpaired) electrons. The minimum atomic E-state index is -0.201. The number of hydrogen-bond acceptors (Lipinski definition) is 3. The molecular formula is C20H25N3O3. The Morgan fingerprint density at radius 3 is 2.58 bits per heavy atom. The summed E-state index contributed by atoms with van der Waals surface area (Å²) >= 11 is 0. The van der Waals surface area contributed by atoms with Crippen molar-refractivity contribution in [3.8, 4) is 0 Å². The van der Waals surface area contributed by atoms with E-state index in [1.165, 1.54) is 11.0 Å². The average molecular weight is 355 g/mol. The zero-order valence-corrected chi connectivity index (χ0v) is 15.2. The van der Waals surface area contributed by atoms with Gasteiger partial charge >= 0.3 is 0 Å². The van der Waals surface area contributed by atoms with Gasteiger partial charge in [0.15, 0.2) is 0 Å². The molecule has 2 fully saturated rings. The molecule has 2 aliphatic heterocycles. The highest BCUT2D eigenvalue weighted by molar-refractivity contribution is 6.01. The number of anilines is 1. The summed E-state index contributed by atoms with van der Waals surface area (Å²) < 4.78 is 0. The van der Waals surface area contributed by atoms with Gasteiger partial charge in [-0.15, -0.1) is 0 Å². The van der Waals surface area contributed by atoms with Gasteiger partial charge in [-0.05, 0) is 49.6 Å². The maximum Gasteiger partial charge on any atom is 0.255 e. The molecule has 6 nitrogen and oxygen atoms in total. The Bertz CT molecular complexity index is 714. The van der Waals surface area contributed by atoms with Crippen LogP contribution in [0.25, 0.3) is 0 Å². The third-order valence-corrected chi connectivity index (χ3v) is 5.24. The smallest absolute Gasteiger partial charge is 0.255 e. The molecule has 1 aromatic rings. The Kier molecular flexibility index (Phi) is 5.40. The van der Waals surface area contributed by atoms with Gasteiger partial charge in [0.1, 0.15) is 6.17 Å². The van der Waals surface area contributed by atoms with Crippen LogP contribution in [-0.4, -0.2) is 53.8 Å². The summed E-state index contributed by atoms with van der Waals surface area (Å²) in [5.74, 6) is -0.104. The second-order valence-corrected chi connectivity index (χ2v) is 6.81. The molecule has 2 aliphatic rings. The van der Waals surface area contributed by atoms with Crippen LogP contribution >= 0.6 is 0 Å². The Morgan fingerprint density at radius 2 is 1.88 bits per heavy atom. The van der Waals surface area contributed by atoms with E-state index in [2.05, 4.69) is 6.58 Å². The lowest BCUT2D eigenvalue weighted by atomic mass is 10.1. The van der Waals surface area contributed by atoms with Gasteiger partial charge in [0.2, 0.25) is 11.8 Å². The number of amides is 3. The van der Waals surface area contributed by atoms with E-state index in [0.29, 0.717) is 24.2 Å². The van der Waals surface area contributed by atoms with Gasteiger partial charge in [-0.2, -0.15) is 0 Å². The zero-order valence-electron chi connectivity index (χ0n) is 15.2. The summed E-state index contributed by atoms with van der Waals surface area (Å²) in [5, 5.41) is 0. The lowest BCUT2D eigenvalue weighted by molar-refractivity contribution is -0.141. The average Bonchev–Trinajstić information content (AvgIpc) is 2.93. The predicted octanol–water partition coefficient (Wildman–Crippen LogP) is 2.41. The number of nitrogens with zero attached hydrogens (tertiary/aromatic N) is 3. The molecule has 0 spiro atoms. The van der Waals surface area contributed by atoms with Crippen LogP contribution < -0.4 is 4.90 Å². The van der Waals surface area contributed by atoms with E-state index < -0.39 is 0 Å². The van der Waals surface area contributed by atoms with Crippen LogP contribution in [0.15, 0.2) is 36.9 Å². The van der Waals surface area contributed by atoms with E-state index in [4.69, 9.17) is 0 Å². The fourth-order valence-corrected chi connectivity index (χ4v) is 3.71. The van der Waals surface area contributed by atoms with Crippen LogP contribution in [0.5, 0.6) is 0 Å². The Balaban J connectivity index is 1.78. The normalized spacial score (nSPS) is 20.2. The summed E-state index contributed by atoms with van der Waals surface area (Å²) in [6.45, 7) is 4.69. The highest BCUT2D eigenvalue weighted by atomic mass is 16.2. The molecule has 3 amide bonds. The maximum atomic E-state index is 13.0. The molecule has 6 heteroatoms. The quantitative estimate of drug-likeness (QED) is 0.783. The SMILES string of the molecule is C=CC(=O)N(C)c1ccc(C(=O)N2CCC(=O)N3CCCCCC32)cc1. The highest BCUT2D eigenvalue weighted by Gasteiger charge is 2.37. The van der Waals surface area contributed by atoms with Crippen molar-refractivity contribution in [2.45, 2.75) is 38.3 Å². The zero-order chi connectivity index (χ0) is 18.7. The summed E-state index contributed by atoms with van der Waals surface area (Å²) in [6.07, 6.45) is 5.48. The van der Waals surface area contributed by atoms with Gasteiger partial charge in [-0.1, -0.05) is 13.0 Å². The van der Waals surface area contributed by atoms with Crippen molar-refractivity contribution in [1.29, 1.82) is 0 Å². The predicted molar refractivity (Wildman–Crippen MR) is 99.7 cm³/mol. The number of benzene rings is 1. The van der Waals surface area contributed by atoms with Crippen molar-refractivity contribution in [3.05, 3.63) is 42.5 Å². The Labute approximate surface area is 154 Å². The Morgan fingerprint density at radius 1 is 1.15 bits per heavy atom. The molecule has 1 unspecified atom stereocenters. The molecule has 1 aromatic carbocycles. The fraction of sp³-hybridized carbons (Fsp3) is 0.450. The van der Waals surface area contributed by atoms with Gasteiger partial charge < -0.3 is 14.7 Å². The first kappa shape index (κ1) is 18.2.